The fourth-order valence-electron chi connectivity index (χ4n) is 5.40. The van der Waals surface area contributed by atoms with E-state index in [-0.39, 0.29) is 17.2 Å². The fourth-order valence-corrected chi connectivity index (χ4v) is 6.25. The molecule has 0 fully saturated rings. The van der Waals surface area contributed by atoms with Crippen molar-refractivity contribution in [3.63, 3.8) is 0 Å². The van der Waals surface area contributed by atoms with Gasteiger partial charge in [-0.3, -0.25) is 14.4 Å². The summed E-state index contributed by atoms with van der Waals surface area (Å²) < 4.78 is 5.74. The van der Waals surface area contributed by atoms with Gasteiger partial charge in [0.05, 0.1) is 12.4 Å². The van der Waals surface area contributed by atoms with Gasteiger partial charge < -0.3 is 15.4 Å². The predicted octanol–water partition coefficient (Wildman–Crippen LogP) is 8.04. The van der Waals surface area contributed by atoms with Crippen molar-refractivity contribution in [3.8, 4) is 16.9 Å². The van der Waals surface area contributed by atoms with Crippen LogP contribution in [0.25, 0.3) is 17.2 Å². The van der Waals surface area contributed by atoms with E-state index in [1.165, 1.54) is 34.0 Å². The van der Waals surface area contributed by atoms with E-state index in [1.807, 2.05) is 85.8 Å². The number of fused-ring (bicyclic) bond motifs is 3. The summed E-state index contributed by atoms with van der Waals surface area (Å²) in [7, 11) is 0. The van der Waals surface area contributed by atoms with Crippen LogP contribution in [0.2, 0.25) is 0 Å². The third-order valence-corrected chi connectivity index (χ3v) is 8.62. The Kier molecular flexibility index (Phi) is 9.41. The smallest absolute Gasteiger partial charge is 0.272 e. The van der Waals surface area contributed by atoms with Crippen LogP contribution in [-0.4, -0.2) is 30.0 Å². The van der Waals surface area contributed by atoms with Crippen LogP contribution < -0.4 is 15.4 Å². The maximum absolute atomic E-state index is 13.6. The largest absolute Gasteiger partial charge is 0.493 e. The normalized spacial score (nSPS) is 11.7. The van der Waals surface area contributed by atoms with E-state index in [1.54, 1.807) is 36.4 Å². The molecule has 46 heavy (non-hydrogen) atoms. The summed E-state index contributed by atoms with van der Waals surface area (Å²) in [5.41, 5.74) is 7.26. The molecule has 0 bridgehead atoms. The van der Waals surface area contributed by atoms with Gasteiger partial charge in [-0.1, -0.05) is 78.9 Å². The number of Topliss-reactive ketones (excluding diaryl/α,β-unsaturated/α-hetero) is 1. The molecule has 0 heterocycles. The number of carbonyl (C=O) groups is 3. The van der Waals surface area contributed by atoms with Gasteiger partial charge in [0.2, 0.25) is 0 Å². The molecular formula is C39H32N2O4S. The number of thioether (sulfide) groups is 1. The minimum absolute atomic E-state index is 0.0417. The van der Waals surface area contributed by atoms with Crippen molar-refractivity contribution >= 4 is 41.1 Å². The number of rotatable bonds is 11. The SMILES string of the molecule is CCOc1ccccc1/C=C(\NC(=O)c1ccccc1)C(=O)Nc1cccc(SCC(=O)c2ccc3c(c2)Cc2ccccc2-3)c1. The molecule has 1 aliphatic rings. The Morgan fingerprint density at radius 2 is 1.52 bits per heavy atom. The third-order valence-electron chi connectivity index (χ3n) is 7.62. The van der Waals surface area contributed by atoms with Crippen LogP contribution in [0, 0.1) is 0 Å². The van der Waals surface area contributed by atoms with E-state index in [0.717, 1.165) is 11.3 Å². The lowest BCUT2D eigenvalue weighted by atomic mass is 10.0. The Bertz CT molecular complexity index is 1950. The second-order valence-corrected chi connectivity index (χ2v) is 11.8. The quantitative estimate of drug-likeness (QED) is 0.0866. The number of para-hydroxylation sites is 1. The fraction of sp³-hybridized carbons (Fsp3) is 0.103. The van der Waals surface area contributed by atoms with Crippen LogP contribution >= 0.6 is 11.8 Å². The zero-order chi connectivity index (χ0) is 31.9. The average molecular weight is 625 g/mol. The topological polar surface area (TPSA) is 84.5 Å². The van der Waals surface area contributed by atoms with Crippen LogP contribution in [0.1, 0.15) is 44.3 Å². The third kappa shape index (κ3) is 7.11. The lowest BCUT2D eigenvalue weighted by molar-refractivity contribution is -0.113. The number of benzene rings is 5. The molecule has 5 aromatic carbocycles. The number of amides is 2. The molecular weight excluding hydrogens is 593 g/mol. The van der Waals surface area contributed by atoms with Crippen molar-refractivity contribution < 1.29 is 19.1 Å². The van der Waals surface area contributed by atoms with Gasteiger partial charge in [-0.2, -0.15) is 0 Å². The van der Waals surface area contributed by atoms with Crippen LogP contribution in [0.5, 0.6) is 5.75 Å². The number of hydrogen-bond donors (Lipinski definition) is 2. The van der Waals surface area contributed by atoms with Crippen molar-refractivity contribution in [2.24, 2.45) is 0 Å². The maximum atomic E-state index is 13.6. The molecule has 6 rings (SSSR count). The number of anilines is 1. The minimum atomic E-state index is -0.493. The van der Waals surface area contributed by atoms with Gasteiger partial charge in [-0.05, 0) is 84.1 Å². The van der Waals surface area contributed by atoms with Gasteiger partial charge in [0, 0.05) is 27.3 Å². The second-order valence-electron chi connectivity index (χ2n) is 10.7. The standard InChI is InChI=1S/C39H32N2O4S/c1-2-45-37-18-9-7-14-29(37)23-35(41-38(43)26-11-4-3-5-12-26)39(44)40-31-15-10-16-32(24-31)46-25-36(42)28-19-20-34-30(22-28)21-27-13-6-8-17-33(27)34/h3-20,22-24H,2,21,25H2,1H3,(H,40,44)(H,41,43)/b35-23-. The lowest BCUT2D eigenvalue weighted by Gasteiger charge is -2.13. The van der Waals surface area contributed by atoms with Crippen LogP contribution in [0.15, 0.2) is 132 Å². The molecule has 2 N–H and O–H groups in total. The molecule has 5 aromatic rings. The van der Waals surface area contributed by atoms with Gasteiger partial charge in [-0.15, -0.1) is 11.8 Å². The van der Waals surface area contributed by atoms with Gasteiger partial charge in [0.1, 0.15) is 11.4 Å². The first-order valence-electron chi connectivity index (χ1n) is 15.1. The van der Waals surface area contributed by atoms with Crippen LogP contribution in [0.3, 0.4) is 0 Å². The molecule has 2 amide bonds. The molecule has 1 aliphatic carbocycles. The predicted molar refractivity (Wildman–Crippen MR) is 184 cm³/mol. The Balaban J connectivity index is 1.15. The molecule has 7 heteroatoms. The highest BCUT2D eigenvalue weighted by atomic mass is 32.2. The molecule has 0 unspecified atom stereocenters. The molecule has 0 spiro atoms. The highest BCUT2D eigenvalue weighted by Gasteiger charge is 2.20. The molecule has 0 saturated carbocycles. The highest BCUT2D eigenvalue weighted by molar-refractivity contribution is 8.00. The van der Waals surface area contributed by atoms with Crippen LogP contribution in [0.4, 0.5) is 5.69 Å². The number of ketones is 1. The molecule has 0 atom stereocenters. The van der Waals surface area contributed by atoms with E-state index in [2.05, 4.69) is 22.8 Å². The summed E-state index contributed by atoms with van der Waals surface area (Å²) >= 11 is 1.41. The number of ether oxygens (including phenoxy) is 1. The Hall–Kier alpha value is -5.40. The summed E-state index contributed by atoms with van der Waals surface area (Å²) in [4.78, 5) is 40.6. The van der Waals surface area contributed by atoms with Gasteiger partial charge >= 0.3 is 0 Å². The number of carbonyl (C=O) groups excluding carboxylic acids is 3. The Labute approximate surface area is 272 Å². The maximum Gasteiger partial charge on any atom is 0.272 e. The highest BCUT2D eigenvalue weighted by Crippen LogP contribution is 2.37. The van der Waals surface area contributed by atoms with Crippen LogP contribution in [-0.2, 0) is 11.2 Å². The average Bonchev–Trinajstić information content (AvgIpc) is 3.46. The Morgan fingerprint density at radius 1 is 0.761 bits per heavy atom. The van der Waals surface area contributed by atoms with Gasteiger partial charge in [0.25, 0.3) is 11.8 Å². The molecule has 0 aromatic heterocycles. The molecule has 0 saturated heterocycles. The summed E-state index contributed by atoms with van der Waals surface area (Å²) in [6.07, 6.45) is 2.44. The van der Waals surface area contributed by atoms with E-state index in [4.69, 9.17) is 4.74 Å². The van der Waals surface area contributed by atoms with Gasteiger partial charge in [0.15, 0.2) is 5.78 Å². The minimum Gasteiger partial charge on any atom is -0.493 e. The second kappa shape index (κ2) is 14.1. The first-order valence-corrected chi connectivity index (χ1v) is 16.1. The summed E-state index contributed by atoms with van der Waals surface area (Å²) in [5, 5.41) is 5.68. The number of hydrogen-bond acceptors (Lipinski definition) is 5. The zero-order valence-electron chi connectivity index (χ0n) is 25.3. The van der Waals surface area contributed by atoms with Crippen molar-refractivity contribution in [1.29, 1.82) is 0 Å². The van der Waals surface area contributed by atoms with E-state index < -0.39 is 11.8 Å². The number of nitrogens with one attached hydrogen (secondary N) is 2. The monoisotopic (exact) mass is 624 g/mol. The molecule has 228 valence electrons. The molecule has 0 aliphatic heterocycles. The summed E-state index contributed by atoms with van der Waals surface area (Å²) in [6.45, 7) is 2.34. The van der Waals surface area contributed by atoms with Crippen molar-refractivity contribution in [2.75, 3.05) is 17.7 Å². The lowest BCUT2D eigenvalue weighted by Crippen LogP contribution is -2.30. The summed E-state index contributed by atoms with van der Waals surface area (Å²) in [6, 6.07) is 37.7. The molecule has 0 radical (unpaired) electrons. The first-order chi connectivity index (χ1) is 22.5. The molecule has 6 nitrogen and oxygen atoms in total. The van der Waals surface area contributed by atoms with Gasteiger partial charge in [-0.25, -0.2) is 0 Å². The van der Waals surface area contributed by atoms with E-state index in [0.29, 0.717) is 34.7 Å². The summed E-state index contributed by atoms with van der Waals surface area (Å²) in [5.74, 6) is -0.00218. The Morgan fingerprint density at radius 3 is 2.37 bits per heavy atom. The van der Waals surface area contributed by atoms with Crippen molar-refractivity contribution in [1.82, 2.24) is 5.32 Å². The first kappa shape index (κ1) is 30.6. The van der Waals surface area contributed by atoms with E-state index in [9.17, 15) is 14.4 Å². The van der Waals surface area contributed by atoms with Crippen molar-refractivity contribution in [3.05, 3.63) is 155 Å². The van der Waals surface area contributed by atoms with Crippen molar-refractivity contribution in [2.45, 2.75) is 18.2 Å². The zero-order valence-corrected chi connectivity index (χ0v) is 26.1. The van der Waals surface area contributed by atoms with E-state index >= 15 is 0 Å².